The number of halogens is 2. The van der Waals surface area contributed by atoms with Crippen LogP contribution in [0.2, 0.25) is 0 Å². The Balaban J connectivity index is 2.26. The Kier molecular flexibility index (Phi) is 3.44. The van der Waals surface area contributed by atoms with Crippen molar-refractivity contribution in [2.45, 2.75) is 19.8 Å². The summed E-state index contributed by atoms with van der Waals surface area (Å²) in [6.45, 7) is 1.32. The molecule has 2 aromatic rings. The molecule has 0 aliphatic heterocycles. The summed E-state index contributed by atoms with van der Waals surface area (Å²) in [5.41, 5.74) is 7.11. The normalized spacial score (nSPS) is 12.5. The molecule has 1 aliphatic carbocycles. The summed E-state index contributed by atoms with van der Waals surface area (Å²) >= 11 is 1.11. The van der Waals surface area contributed by atoms with Crippen molar-refractivity contribution in [3.63, 3.8) is 0 Å². The maximum Gasteiger partial charge on any atom is 0.252 e. The van der Waals surface area contributed by atoms with Crippen molar-refractivity contribution in [1.29, 1.82) is 0 Å². The number of primary amides is 1. The van der Waals surface area contributed by atoms with E-state index in [2.05, 4.69) is 5.32 Å². The molecular formula is C15H12F2N2O2S. The molecule has 0 radical (unpaired) electrons. The zero-order valence-electron chi connectivity index (χ0n) is 11.6. The third kappa shape index (κ3) is 2.27. The number of hydrogen-bond acceptors (Lipinski definition) is 3. The van der Waals surface area contributed by atoms with Crippen LogP contribution in [0.3, 0.4) is 0 Å². The summed E-state index contributed by atoms with van der Waals surface area (Å²) < 4.78 is 27.4. The van der Waals surface area contributed by atoms with Crippen LogP contribution in [0.25, 0.3) is 10.4 Å². The number of hydrogen-bond donors (Lipinski definition) is 2. The van der Waals surface area contributed by atoms with E-state index < -0.39 is 17.5 Å². The maximum atomic E-state index is 13.9. The number of thiophene rings is 1. The topological polar surface area (TPSA) is 72.2 Å². The molecule has 1 aliphatic rings. The Labute approximate surface area is 128 Å². The average molecular weight is 322 g/mol. The van der Waals surface area contributed by atoms with Gasteiger partial charge in [0.05, 0.1) is 5.56 Å². The number of rotatable bonds is 2. The van der Waals surface area contributed by atoms with Gasteiger partial charge < -0.3 is 11.1 Å². The number of nitrogens with two attached hydrogens (primary N) is 1. The molecule has 0 unspecified atom stereocenters. The van der Waals surface area contributed by atoms with Gasteiger partial charge in [0.1, 0.15) is 16.6 Å². The van der Waals surface area contributed by atoms with Gasteiger partial charge in [-0.3, -0.25) is 9.59 Å². The Bertz CT molecular complexity index is 814. The minimum atomic E-state index is -0.681. The predicted octanol–water partition coefficient (Wildman–Crippen LogP) is 2.85. The summed E-state index contributed by atoms with van der Waals surface area (Å²) in [4.78, 5) is 23.6. The highest BCUT2D eigenvalue weighted by Gasteiger charge is 2.29. The Morgan fingerprint density at radius 3 is 2.55 bits per heavy atom. The van der Waals surface area contributed by atoms with Crippen LogP contribution in [-0.2, 0) is 17.6 Å². The Morgan fingerprint density at radius 1 is 1.23 bits per heavy atom. The van der Waals surface area contributed by atoms with Gasteiger partial charge in [0.25, 0.3) is 5.91 Å². The van der Waals surface area contributed by atoms with Crippen LogP contribution in [0.5, 0.6) is 0 Å². The van der Waals surface area contributed by atoms with Gasteiger partial charge in [0.2, 0.25) is 5.91 Å². The molecule has 3 N–H and O–H groups in total. The predicted molar refractivity (Wildman–Crippen MR) is 79.9 cm³/mol. The largest absolute Gasteiger partial charge is 0.365 e. The van der Waals surface area contributed by atoms with E-state index in [0.29, 0.717) is 39.4 Å². The molecule has 7 heteroatoms. The zero-order chi connectivity index (χ0) is 16.0. The van der Waals surface area contributed by atoms with Crippen molar-refractivity contribution in [3.8, 4) is 10.4 Å². The molecule has 0 spiro atoms. The molecule has 1 heterocycles. The second-order valence-corrected chi connectivity index (χ2v) is 6.09. The molecule has 0 fully saturated rings. The minimum absolute atomic E-state index is 0.227. The highest BCUT2D eigenvalue weighted by atomic mass is 32.1. The van der Waals surface area contributed by atoms with Crippen molar-refractivity contribution in [3.05, 3.63) is 40.5 Å². The van der Waals surface area contributed by atoms with Crippen molar-refractivity contribution < 1.29 is 18.4 Å². The molecule has 1 aromatic heterocycles. The molecule has 0 atom stereocenters. The lowest BCUT2D eigenvalue weighted by Crippen LogP contribution is -2.17. The zero-order valence-corrected chi connectivity index (χ0v) is 12.4. The fourth-order valence-corrected chi connectivity index (χ4v) is 4.08. The minimum Gasteiger partial charge on any atom is -0.365 e. The third-order valence-corrected chi connectivity index (χ3v) is 4.75. The third-order valence-electron chi connectivity index (χ3n) is 3.57. The number of benzene rings is 1. The molecule has 3 rings (SSSR count). The molecular weight excluding hydrogens is 310 g/mol. The number of carbonyl (C=O) groups excluding carboxylic acids is 2. The molecule has 0 saturated carbocycles. The first-order valence-corrected chi connectivity index (χ1v) is 7.41. The molecule has 22 heavy (non-hydrogen) atoms. The SMILES string of the molecule is CC(=O)Nc1sc2c(c1C(N)=O)CCc1c(F)cc(F)cc1-2. The lowest BCUT2D eigenvalue weighted by Gasteiger charge is -2.17. The van der Waals surface area contributed by atoms with Crippen molar-refractivity contribution >= 4 is 28.2 Å². The first-order valence-electron chi connectivity index (χ1n) is 6.59. The van der Waals surface area contributed by atoms with Crippen molar-refractivity contribution in [2.75, 3.05) is 5.32 Å². The van der Waals surface area contributed by atoms with E-state index >= 15 is 0 Å². The summed E-state index contributed by atoms with van der Waals surface area (Å²) in [6, 6.07) is 2.09. The maximum absolute atomic E-state index is 13.9. The molecule has 1 aromatic carbocycles. The van der Waals surface area contributed by atoms with Gasteiger partial charge in [-0.25, -0.2) is 8.78 Å². The lowest BCUT2D eigenvalue weighted by atomic mass is 9.88. The van der Waals surface area contributed by atoms with Crippen LogP contribution >= 0.6 is 11.3 Å². The van der Waals surface area contributed by atoms with Crippen LogP contribution in [0.15, 0.2) is 12.1 Å². The molecule has 0 bridgehead atoms. The molecule has 0 saturated heterocycles. The highest BCUT2D eigenvalue weighted by Crippen LogP contribution is 2.45. The molecule has 4 nitrogen and oxygen atoms in total. The number of nitrogens with one attached hydrogen (secondary N) is 1. The summed E-state index contributed by atoms with van der Waals surface area (Å²) in [5, 5.41) is 2.89. The summed E-state index contributed by atoms with van der Waals surface area (Å²) in [6.07, 6.45) is 0.768. The van der Waals surface area contributed by atoms with Gasteiger partial charge in [-0.05, 0) is 30.0 Å². The van der Waals surface area contributed by atoms with E-state index in [4.69, 9.17) is 5.73 Å². The fourth-order valence-electron chi connectivity index (χ4n) is 2.74. The van der Waals surface area contributed by atoms with Crippen LogP contribution in [-0.4, -0.2) is 11.8 Å². The van der Waals surface area contributed by atoms with E-state index in [9.17, 15) is 18.4 Å². The van der Waals surface area contributed by atoms with Crippen LogP contribution in [0.1, 0.15) is 28.4 Å². The van der Waals surface area contributed by atoms with E-state index in [1.165, 1.54) is 13.0 Å². The van der Waals surface area contributed by atoms with E-state index in [1.54, 1.807) is 0 Å². The van der Waals surface area contributed by atoms with E-state index in [1.807, 2.05) is 0 Å². The molecule has 114 valence electrons. The number of amides is 2. The summed E-state index contributed by atoms with van der Waals surface area (Å²) in [7, 11) is 0. The van der Waals surface area contributed by atoms with Crippen LogP contribution < -0.4 is 11.1 Å². The monoisotopic (exact) mass is 322 g/mol. The average Bonchev–Trinajstić information content (AvgIpc) is 2.75. The second-order valence-electron chi connectivity index (χ2n) is 5.07. The highest BCUT2D eigenvalue weighted by molar-refractivity contribution is 7.20. The lowest BCUT2D eigenvalue weighted by molar-refractivity contribution is -0.114. The van der Waals surface area contributed by atoms with Gasteiger partial charge in [-0.2, -0.15) is 0 Å². The first-order chi connectivity index (χ1) is 10.4. The van der Waals surface area contributed by atoms with E-state index in [0.717, 1.165) is 17.4 Å². The fraction of sp³-hybridized carbons (Fsp3) is 0.200. The van der Waals surface area contributed by atoms with Crippen LogP contribution in [0, 0.1) is 11.6 Å². The Morgan fingerprint density at radius 2 is 1.91 bits per heavy atom. The van der Waals surface area contributed by atoms with Gasteiger partial charge in [-0.1, -0.05) is 0 Å². The van der Waals surface area contributed by atoms with Crippen molar-refractivity contribution in [1.82, 2.24) is 0 Å². The Hall–Kier alpha value is -2.28. The van der Waals surface area contributed by atoms with Gasteiger partial charge in [-0.15, -0.1) is 11.3 Å². The molecule has 2 amide bonds. The smallest absolute Gasteiger partial charge is 0.252 e. The van der Waals surface area contributed by atoms with Gasteiger partial charge >= 0.3 is 0 Å². The summed E-state index contributed by atoms with van der Waals surface area (Å²) in [5.74, 6) is -2.29. The number of anilines is 1. The quantitative estimate of drug-likeness (QED) is 0.892. The standard InChI is InChI=1S/C15H12F2N2O2S/c1-6(20)19-15-12(14(18)21)9-3-2-8-10(13(9)22-15)4-7(16)5-11(8)17/h4-5H,2-3H2,1H3,(H2,18,21)(H,19,20). The van der Waals surface area contributed by atoms with E-state index in [-0.39, 0.29) is 11.5 Å². The van der Waals surface area contributed by atoms with Gasteiger partial charge in [0.15, 0.2) is 0 Å². The van der Waals surface area contributed by atoms with Crippen LogP contribution in [0.4, 0.5) is 13.8 Å². The number of carbonyl (C=O) groups is 2. The second kappa shape index (κ2) is 5.17. The van der Waals surface area contributed by atoms with Gasteiger partial charge in [0, 0.05) is 23.4 Å². The van der Waals surface area contributed by atoms with Crippen molar-refractivity contribution in [2.24, 2.45) is 5.73 Å². The first kappa shape index (κ1) is 14.6. The number of fused-ring (bicyclic) bond motifs is 3.